The molecule has 1 unspecified atom stereocenters. The van der Waals surface area contributed by atoms with Crippen molar-refractivity contribution in [3.63, 3.8) is 0 Å². The lowest BCUT2D eigenvalue weighted by atomic mass is 10.1. The third-order valence-electron chi connectivity index (χ3n) is 2.69. The van der Waals surface area contributed by atoms with E-state index in [1.165, 1.54) is 11.9 Å². The largest absolute Gasteiger partial charge is 0.362 e. The maximum atomic E-state index is 6.15. The molecule has 0 radical (unpaired) electrons. The SMILES string of the molecule is Cc1ncnc(NC(C)c2ccc(Br)cc2)c1Cl. The summed E-state index contributed by atoms with van der Waals surface area (Å²) in [5, 5.41) is 3.86. The van der Waals surface area contributed by atoms with Crippen molar-refractivity contribution in [2.75, 3.05) is 5.32 Å². The van der Waals surface area contributed by atoms with Crippen LogP contribution in [0, 0.1) is 6.92 Å². The van der Waals surface area contributed by atoms with Gasteiger partial charge in [-0.25, -0.2) is 9.97 Å². The van der Waals surface area contributed by atoms with Gasteiger partial charge in [0.1, 0.15) is 17.2 Å². The Bertz CT molecular complexity index is 542. The van der Waals surface area contributed by atoms with Gasteiger partial charge in [0.25, 0.3) is 0 Å². The maximum Gasteiger partial charge on any atom is 0.148 e. The molecule has 0 saturated carbocycles. The second-order valence-corrected chi connectivity index (χ2v) is 5.33. The first-order valence-corrected chi connectivity index (χ1v) is 6.74. The number of aromatic nitrogens is 2. The number of nitrogens with one attached hydrogen (secondary N) is 1. The molecule has 1 heterocycles. The van der Waals surface area contributed by atoms with E-state index in [2.05, 4.69) is 50.3 Å². The quantitative estimate of drug-likeness (QED) is 0.910. The monoisotopic (exact) mass is 325 g/mol. The fourth-order valence-corrected chi connectivity index (χ4v) is 2.01. The third-order valence-corrected chi connectivity index (χ3v) is 3.67. The Hall–Kier alpha value is -1.13. The summed E-state index contributed by atoms with van der Waals surface area (Å²) in [6.07, 6.45) is 1.51. The van der Waals surface area contributed by atoms with Crippen molar-refractivity contribution < 1.29 is 0 Å². The molecule has 5 heteroatoms. The molecule has 1 N–H and O–H groups in total. The Morgan fingerprint density at radius 1 is 1.22 bits per heavy atom. The Morgan fingerprint density at radius 3 is 2.56 bits per heavy atom. The van der Waals surface area contributed by atoms with Crippen LogP contribution in [0.15, 0.2) is 35.1 Å². The molecular weight excluding hydrogens is 314 g/mol. The lowest BCUT2D eigenvalue weighted by Gasteiger charge is -2.16. The van der Waals surface area contributed by atoms with Gasteiger partial charge in [-0.3, -0.25) is 0 Å². The van der Waals surface area contributed by atoms with E-state index in [9.17, 15) is 0 Å². The van der Waals surface area contributed by atoms with Crippen molar-refractivity contribution in [2.24, 2.45) is 0 Å². The maximum absolute atomic E-state index is 6.15. The highest BCUT2D eigenvalue weighted by molar-refractivity contribution is 9.10. The molecule has 0 fully saturated rings. The van der Waals surface area contributed by atoms with Crippen molar-refractivity contribution in [3.05, 3.63) is 51.3 Å². The van der Waals surface area contributed by atoms with E-state index in [1.54, 1.807) is 0 Å². The second-order valence-electron chi connectivity index (χ2n) is 4.04. The Labute approximate surface area is 120 Å². The first kappa shape index (κ1) is 13.3. The molecular formula is C13H13BrClN3. The van der Waals surface area contributed by atoms with Gasteiger partial charge in [0, 0.05) is 10.5 Å². The number of aryl methyl sites for hydroxylation is 1. The van der Waals surface area contributed by atoms with E-state index < -0.39 is 0 Å². The Morgan fingerprint density at radius 2 is 1.89 bits per heavy atom. The van der Waals surface area contributed by atoms with Crippen LogP contribution in [-0.4, -0.2) is 9.97 Å². The zero-order valence-corrected chi connectivity index (χ0v) is 12.5. The van der Waals surface area contributed by atoms with Crippen LogP contribution < -0.4 is 5.32 Å². The number of hydrogen-bond acceptors (Lipinski definition) is 3. The summed E-state index contributed by atoms with van der Waals surface area (Å²) in [4.78, 5) is 8.20. The van der Waals surface area contributed by atoms with Crippen molar-refractivity contribution in [1.29, 1.82) is 0 Å². The molecule has 1 aromatic carbocycles. The number of anilines is 1. The summed E-state index contributed by atoms with van der Waals surface area (Å²) in [5.74, 6) is 0.666. The number of rotatable bonds is 3. The molecule has 94 valence electrons. The Balaban J connectivity index is 2.18. The van der Waals surface area contributed by atoms with E-state index in [1.807, 2.05) is 19.1 Å². The molecule has 3 nitrogen and oxygen atoms in total. The van der Waals surface area contributed by atoms with Gasteiger partial charge in [-0.05, 0) is 31.5 Å². The third kappa shape index (κ3) is 3.00. The number of hydrogen-bond donors (Lipinski definition) is 1. The average Bonchev–Trinajstić information content (AvgIpc) is 2.36. The average molecular weight is 327 g/mol. The lowest BCUT2D eigenvalue weighted by molar-refractivity contribution is 0.870. The van der Waals surface area contributed by atoms with E-state index in [0.717, 1.165) is 10.2 Å². The summed E-state index contributed by atoms with van der Waals surface area (Å²) >= 11 is 9.58. The molecule has 0 aliphatic carbocycles. The minimum absolute atomic E-state index is 0.130. The van der Waals surface area contributed by atoms with Gasteiger partial charge in [-0.15, -0.1) is 0 Å². The number of halogens is 2. The highest BCUT2D eigenvalue weighted by Crippen LogP contribution is 2.26. The number of nitrogens with zero attached hydrogens (tertiary/aromatic N) is 2. The molecule has 0 bridgehead atoms. The molecule has 0 amide bonds. The normalized spacial score (nSPS) is 12.2. The first-order chi connectivity index (χ1) is 8.58. The van der Waals surface area contributed by atoms with Crippen molar-refractivity contribution in [2.45, 2.75) is 19.9 Å². The summed E-state index contributed by atoms with van der Waals surface area (Å²) in [6, 6.07) is 8.28. The summed E-state index contributed by atoms with van der Waals surface area (Å²) in [7, 11) is 0. The lowest BCUT2D eigenvalue weighted by Crippen LogP contribution is -2.09. The zero-order chi connectivity index (χ0) is 13.1. The van der Waals surface area contributed by atoms with Crippen LogP contribution >= 0.6 is 27.5 Å². The van der Waals surface area contributed by atoms with Gasteiger partial charge in [0.2, 0.25) is 0 Å². The van der Waals surface area contributed by atoms with Crippen molar-refractivity contribution >= 4 is 33.3 Å². The molecule has 0 spiro atoms. The fraction of sp³-hybridized carbons (Fsp3) is 0.231. The van der Waals surface area contributed by atoms with E-state index >= 15 is 0 Å². The molecule has 0 aliphatic rings. The van der Waals surface area contributed by atoms with E-state index in [0.29, 0.717) is 10.8 Å². The number of benzene rings is 1. The molecule has 2 aromatic rings. The van der Waals surface area contributed by atoms with Crippen LogP contribution in [0.25, 0.3) is 0 Å². The van der Waals surface area contributed by atoms with Gasteiger partial charge in [0.15, 0.2) is 0 Å². The van der Waals surface area contributed by atoms with Crippen molar-refractivity contribution in [1.82, 2.24) is 9.97 Å². The van der Waals surface area contributed by atoms with Crippen LogP contribution in [0.3, 0.4) is 0 Å². The molecule has 18 heavy (non-hydrogen) atoms. The predicted octanol–water partition coefficient (Wildman–Crippen LogP) is 4.37. The molecule has 1 aromatic heterocycles. The highest BCUT2D eigenvalue weighted by atomic mass is 79.9. The minimum atomic E-state index is 0.130. The van der Waals surface area contributed by atoms with Gasteiger partial charge in [0.05, 0.1) is 5.69 Å². The van der Waals surface area contributed by atoms with Crippen LogP contribution in [0.2, 0.25) is 5.02 Å². The smallest absolute Gasteiger partial charge is 0.148 e. The van der Waals surface area contributed by atoms with E-state index in [-0.39, 0.29) is 6.04 Å². The zero-order valence-electron chi connectivity index (χ0n) is 10.1. The Kier molecular flexibility index (Phi) is 4.19. The topological polar surface area (TPSA) is 37.8 Å². The molecule has 2 rings (SSSR count). The summed E-state index contributed by atoms with van der Waals surface area (Å²) in [6.45, 7) is 3.93. The summed E-state index contributed by atoms with van der Waals surface area (Å²) < 4.78 is 1.06. The van der Waals surface area contributed by atoms with Crippen LogP contribution in [0.5, 0.6) is 0 Å². The standard InChI is InChI=1S/C13H13BrClN3/c1-8(10-3-5-11(14)6-4-10)18-13-12(15)9(2)16-7-17-13/h3-8H,1-2H3,(H,16,17,18). The molecule has 1 atom stereocenters. The first-order valence-electron chi connectivity index (χ1n) is 5.57. The second kappa shape index (κ2) is 5.67. The predicted molar refractivity (Wildman–Crippen MR) is 78.0 cm³/mol. The minimum Gasteiger partial charge on any atom is -0.362 e. The van der Waals surface area contributed by atoms with Gasteiger partial charge in [-0.2, -0.15) is 0 Å². The molecule has 0 saturated heterocycles. The van der Waals surface area contributed by atoms with Crippen LogP contribution in [-0.2, 0) is 0 Å². The molecule has 0 aliphatic heterocycles. The van der Waals surface area contributed by atoms with Gasteiger partial charge < -0.3 is 5.32 Å². The van der Waals surface area contributed by atoms with Gasteiger partial charge in [-0.1, -0.05) is 39.7 Å². The van der Waals surface area contributed by atoms with E-state index in [4.69, 9.17) is 11.6 Å². The van der Waals surface area contributed by atoms with Crippen LogP contribution in [0.4, 0.5) is 5.82 Å². The fourth-order valence-electron chi connectivity index (χ4n) is 1.60. The van der Waals surface area contributed by atoms with Crippen molar-refractivity contribution in [3.8, 4) is 0 Å². The van der Waals surface area contributed by atoms with Gasteiger partial charge >= 0.3 is 0 Å². The summed E-state index contributed by atoms with van der Waals surface area (Å²) in [5.41, 5.74) is 1.95. The van der Waals surface area contributed by atoms with Crippen LogP contribution in [0.1, 0.15) is 24.2 Å². The highest BCUT2D eigenvalue weighted by Gasteiger charge is 2.10.